The maximum Gasteiger partial charge on any atom is 0.227 e. The molecule has 1 atom stereocenters. The van der Waals surface area contributed by atoms with Gasteiger partial charge in [0.15, 0.2) is 11.1 Å². The average Bonchev–Trinajstić information content (AvgIpc) is 3.04. The molecule has 0 saturated heterocycles. The Bertz CT molecular complexity index is 1490. The normalized spacial score (nSPS) is 11.9. The van der Waals surface area contributed by atoms with Gasteiger partial charge in [-0.3, -0.25) is 0 Å². The lowest BCUT2D eigenvalue weighted by molar-refractivity contribution is 0.861. The molecule has 0 aliphatic rings. The van der Waals surface area contributed by atoms with Gasteiger partial charge in [-0.2, -0.15) is 9.97 Å². The number of aromatic nitrogens is 3. The van der Waals surface area contributed by atoms with E-state index >= 15 is 0 Å². The molecule has 0 bridgehead atoms. The summed E-state index contributed by atoms with van der Waals surface area (Å²) in [6.45, 7) is 2.15. The van der Waals surface area contributed by atoms with Gasteiger partial charge < -0.3 is 5.32 Å². The Balaban J connectivity index is 1.54. The van der Waals surface area contributed by atoms with Gasteiger partial charge in [-0.25, -0.2) is 4.98 Å². The minimum Gasteiger partial charge on any atom is -0.348 e. The van der Waals surface area contributed by atoms with Crippen molar-refractivity contribution < 1.29 is 0 Å². The van der Waals surface area contributed by atoms with Crippen LogP contribution < -0.4 is 37.7 Å². The van der Waals surface area contributed by atoms with Gasteiger partial charge in [-0.15, -0.1) is 0 Å². The summed E-state index contributed by atoms with van der Waals surface area (Å²) in [5, 5.41) is 8.43. The summed E-state index contributed by atoms with van der Waals surface area (Å²) in [7, 11) is -2.02. The summed E-state index contributed by atoms with van der Waals surface area (Å²) in [6.07, 6.45) is 0. The standard InChI is InChI=1S/C35H30N4P2/c1-27(28-17-7-2-8-18-28)36-33-37-34(40(29-19-9-3-10-20-29)30-21-11-4-12-22-30)39-35(38-33)41(31-23-13-5-14-24-31)32-25-15-6-16-26-32/h2-27H,1H3,(H,36,37,38,39). The van der Waals surface area contributed by atoms with Crippen LogP contribution in [0.1, 0.15) is 18.5 Å². The minimum atomic E-state index is -1.01. The smallest absolute Gasteiger partial charge is 0.227 e. The lowest BCUT2D eigenvalue weighted by atomic mass is 10.1. The maximum absolute atomic E-state index is 5.32. The van der Waals surface area contributed by atoms with E-state index in [0.717, 1.165) is 11.1 Å². The molecule has 200 valence electrons. The molecule has 0 spiro atoms. The van der Waals surface area contributed by atoms with E-state index in [2.05, 4.69) is 158 Å². The Hall–Kier alpha value is -4.23. The van der Waals surface area contributed by atoms with Crippen molar-refractivity contribution in [3.8, 4) is 0 Å². The number of hydrogen-bond acceptors (Lipinski definition) is 4. The van der Waals surface area contributed by atoms with Crippen molar-refractivity contribution in [3.63, 3.8) is 0 Å². The topological polar surface area (TPSA) is 50.7 Å². The van der Waals surface area contributed by atoms with Crippen LogP contribution in [-0.4, -0.2) is 15.0 Å². The van der Waals surface area contributed by atoms with E-state index in [0.29, 0.717) is 5.95 Å². The van der Waals surface area contributed by atoms with Gasteiger partial charge in [-0.05, 0) is 33.7 Å². The van der Waals surface area contributed by atoms with E-state index in [9.17, 15) is 0 Å². The molecule has 0 radical (unpaired) electrons. The largest absolute Gasteiger partial charge is 0.348 e. The highest BCUT2D eigenvalue weighted by Crippen LogP contribution is 2.34. The molecule has 6 rings (SSSR count). The fourth-order valence-corrected chi connectivity index (χ4v) is 8.96. The second-order valence-electron chi connectivity index (χ2n) is 9.55. The van der Waals surface area contributed by atoms with Crippen molar-refractivity contribution in [2.75, 3.05) is 5.32 Å². The van der Waals surface area contributed by atoms with Gasteiger partial charge in [-0.1, -0.05) is 152 Å². The van der Waals surface area contributed by atoms with Gasteiger partial charge in [0.2, 0.25) is 5.95 Å². The highest BCUT2D eigenvalue weighted by atomic mass is 31.1. The Kier molecular flexibility index (Phi) is 8.52. The van der Waals surface area contributed by atoms with Crippen LogP contribution in [0, 0.1) is 0 Å². The molecule has 0 fully saturated rings. The second kappa shape index (κ2) is 13.0. The summed E-state index contributed by atoms with van der Waals surface area (Å²) >= 11 is 0. The van der Waals surface area contributed by atoms with Crippen molar-refractivity contribution in [3.05, 3.63) is 157 Å². The van der Waals surface area contributed by atoms with Crippen molar-refractivity contribution >= 4 is 54.1 Å². The van der Waals surface area contributed by atoms with Crippen molar-refractivity contribution in [2.24, 2.45) is 0 Å². The summed E-state index contributed by atoms with van der Waals surface area (Å²) in [5.74, 6) is 0.597. The Morgan fingerprint density at radius 1 is 0.439 bits per heavy atom. The third-order valence-corrected chi connectivity index (χ3v) is 11.2. The first-order valence-electron chi connectivity index (χ1n) is 13.6. The number of rotatable bonds is 9. The SMILES string of the molecule is CC(Nc1nc(P(c2ccccc2)c2ccccc2)nc(P(c2ccccc2)c2ccccc2)n1)c1ccccc1. The highest BCUT2D eigenvalue weighted by Gasteiger charge is 2.26. The van der Waals surface area contributed by atoms with E-state index < -0.39 is 15.8 Å². The number of hydrogen-bond donors (Lipinski definition) is 1. The van der Waals surface area contributed by atoms with Gasteiger partial charge in [0.1, 0.15) is 0 Å². The lowest BCUT2D eigenvalue weighted by Crippen LogP contribution is -2.35. The van der Waals surface area contributed by atoms with Gasteiger partial charge in [0.05, 0.1) is 6.04 Å². The average molecular weight is 569 g/mol. The highest BCUT2D eigenvalue weighted by molar-refractivity contribution is 7.80. The fraction of sp³-hybridized carbons (Fsp3) is 0.0571. The summed E-state index contributed by atoms with van der Waals surface area (Å²) in [4.78, 5) is 15.6. The predicted octanol–water partition coefficient (Wildman–Crippen LogP) is 5.56. The van der Waals surface area contributed by atoms with Crippen molar-refractivity contribution in [1.82, 2.24) is 15.0 Å². The summed E-state index contributed by atoms with van der Waals surface area (Å²) < 4.78 is 0. The van der Waals surface area contributed by atoms with Crippen LogP contribution in [0.5, 0.6) is 0 Å². The lowest BCUT2D eigenvalue weighted by Gasteiger charge is -2.23. The molecule has 4 nitrogen and oxygen atoms in total. The van der Waals surface area contributed by atoms with E-state index in [1.54, 1.807) is 0 Å². The third kappa shape index (κ3) is 6.41. The zero-order chi connectivity index (χ0) is 27.9. The van der Waals surface area contributed by atoms with Gasteiger partial charge in [0, 0.05) is 15.8 Å². The molecule has 0 saturated carbocycles. The van der Waals surface area contributed by atoms with Crippen molar-refractivity contribution in [2.45, 2.75) is 13.0 Å². The second-order valence-corrected chi connectivity index (χ2v) is 13.8. The first-order chi connectivity index (χ1) is 20.3. The van der Waals surface area contributed by atoms with Crippen LogP contribution in [-0.2, 0) is 0 Å². The van der Waals surface area contributed by atoms with E-state index in [1.807, 2.05) is 6.07 Å². The molecule has 0 amide bonds. The first kappa shape index (κ1) is 27.0. The summed E-state index contributed by atoms with van der Waals surface area (Å²) in [5.41, 5.74) is 2.77. The minimum absolute atomic E-state index is 0.0265. The molecule has 41 heavy (non-hydrogen) atoms. The maximum atomic E-state index is 5.32. The van der Waals surface area contributed by atoms with E-state index in [4.69, 9.17) is 15.0 Å². The van der Waals surface area contributed by atoms with Gasteiger partial charge in [0.25, 0.3) is 0 Å². The van der Waals surface area contributed by atoms with E-state index in [1.165, 1.54) is 26.8 Å². The molecule has 5 aromatic carbocycles. The zero-order valence-electron chi connectivity index (χ0n) is 22.7. The van der Waals surface area contributed by atoms with Crippen LogP contribution in [0.4, 0.5) is 5.95 Å². The van der Waals surface area contributed by atoms with Gasteiger partial charge >= 0.3 is 0 Å². The Labute approximate surface area is 244 Å². The molecule has 6 aromatic rings. The van der Waals surface area contributed by atoms with E-state index in [-0.39, 0.29) is 6.04 Å². The number of nitrogens with zero attached hydrogens (tertiary/aromatic N) is 3. The molecule has 0 aliphatic carbocycles. The van der Waals surface area contributed by atoms with Crippen LogP contribution in [0.15, 0.2) is 152 Å². The number of benzene rings is 5. The molecular weight excluding hydrogens is 538 g/mol. The first-order valence-corrected chi connectivity index (χ1v) is 16.3. The Morgan fingerprint density at radius 2 is 0.756 bits per heavy atom. The van der Waals surface area contributed by atoms with Crippen molar-refractivity contribution in [1.29, 1.82) is 0 Å². The summed E-state index contributed by atoms with van der Waals surface area (Å²) in [6, 6.07) is 52.8. The molecule has 6 heteroatoms. The van der Waals surface area contributed by atoms with Crippen LogP contribution in [0.25, 0.3) is 0 Å². The molecule has 1 N–H and O–H groups in total. The molecule has 1 aromatic heterocycles. The van der Waals surface area contributed by atoms with Crippen LogP contribution in [0.2, 0.25) is 0 Å². The number of anilines is 1. The number of nitrogens with one attached hydrogen (secondary N) is 1. The Morgan fingerprint density at radius 3 is 1.10 bits per heavy atom. The third-order valence-electron chi connectivity index (χ3n) is 6.71. The molecular formula is C35H30N4P2. The molecule has 0 aliphatic heterocycles. The van der Waals surface area contributed by atoms with Crippen LogP contribution >= 0.6 is 15.8 Å². The quantitative estimate of drug-likeness (QED) is 0.232. The monoisotopic (exact) mass is 568 g/mol. The molecule has 1 unspecified atom stereocenters. The zero-order valence-corrected chi connectivity index (χ0v) is 24.5. The molecule has 1 heterocycles. The van der Waals surface area contributed by atoms with Crippen LogP contribution in [0.3, 0.4) is 0 Å². The predicted molar refractivity (Wildman–Crippen MR) is 176 cm³/mol. The fourth-order valence-electron chi connectivity index (χ4n) is 4.71.